The van der Waals surface area contributed by atoms with Crippen LogP contribution in [-0.2, 0) is 9.53 Å². The average molecular weight is 317 g/mol. The van der Waals surface area contributed by atoms with Gasteiger partial charge in [0.1, 0.15) is 11.7 Å². The topological polar surface area (TPSA) is 98.5 Å². The fourth-order valence-corrected chi connectivity index (χ4v) is 2.28. The van der Waals surface area contributed by atoms with Crippen molar-refractivity contribution in [1.29, 1.82) is 0 Å². The molecule has 0 fully saturated rings. The van der Waals surface area contributed by atoms with Crippen LogP contribution in [0.4, 0.5) is 11.5 Å². The van der Waals surface area contributed by atoms with Gasteiger partial charge >= 0.3 is 11.7 Å². The summed E-state index contributed by atoms with van der Waals surface area (Å²) in [5.74, 6) is -0.564. The van der Waals surface area contributed by atoms with Crippen LogP contribution in [0.1, 0.15) is 27.7 Å². The maximum absolute atomic E-state index is 12.0. The fourth-order valence-electron chi connectivity index (χ4n) is 2.15. The Balaban J connectivity index is 3.53. The van der Waals surface area contributed by atoms with Gasteiger partial charge < -0.3 is 9.64 Å². The summed E-state index contributed by atoms with van der Waals surface area (Å²) in [7, 11) is 1.25. The van der Waals surface area contributed by atoms with E-state index in [1.807, 2.05) is 0 Å². The lowest BCUT2D eigenvalue weighted by Gasteiger charge is -2.39. The Morgan fingerprint density at radius 3 is 2.52 bits per heavy atom. The van der Waals surface area contributed by atoms with Gasteiger partial charge in [0.25, 0.3) is 0 Å². The molecule has 0 saturated heterocycles. The minimum absolute atomic E-state index is 0.0228. The molecule has 0 bridgehead atoms. The van der Waals surface area contributed by atoms with Gasteiger partial charge in [-0.1, -0.05) is 0 Å². The lowest BCUT2D eigenvalue weighted by molar-refractivity contribution is -0.384. The van der Waals surface area contributed by atoms with Crippen molar-refractivity contribution < 1.29 is 14.5 Å². The van der Waals surface area contributed by atoms with Gasteiger partial charge in [0.05, 0.1) is 12.0 Å². The third-order valence-corrected chi connectivity index (χ3v) is 3.13. The number of rotatable bonds is 5. The van der Waals surface area contributed by atoms with Crippen molar-refractivity contribution in [2.45, 2.75) is 39.3 Å². The zero-order chi connectivity index (χ0) is 16.4. The number of aromatic nitrogens is 2. The molecule has 0 unspecified atom stereocenters. The summed E-state index contributed by atoms with van der Waals surface area (Å²) in [6.45, 7) is 6.76. The van der Waals surface area contributed by atoms with E-state index in [4.69, 9.17) is 16.3 Å². The Labute approximate surface area is 127 Å². The Kier molecular flexibility index (Phi) is 5.06. The number of anilines is 1. The minimum Gasteiger partial charge on any atom is -0.467 e. The number of halogens is 1. The number of carbonyl (C=O) groups is 1. The van der Waals surface area contributed by atoms with E-state index in [0.29, 0.717) is 0 Å². The molecule has 0 aliphatic heterocycles. The summed E-state index contributed by atoms with van der Waals surface area (Å²) >= 11 is 5.75. The van der Waals surface area contributed by atoms with Crippen LogP contribution in [0.15, 0.2) is 6.20 Å². The molecule has 0 saturated carbocycles. The molecule has 21 heavy (non-hydrogen) atoms. The van der Waals surface area contributed by atoms with Gasteiger partial charge in [-0.15, -0.1) is 0 Å². The Morgan fingerprint density at radius 2 is 2.10 bits per heavy atom. The molecule has 0 amide bonds. The number of nitro groups is 1. The number of nitrogens with zero attached hydrogens (tertiary/aromatic N) is 4. The maximum atomic E-state index is 12.0. The largest absolute Gasteiger partial charge is 0.467 e. The SMILES string of the molecule is COC(=O)C(C)(C)N(c1nc(Cl)ncc1[N+](=O)[O-])C(C)C. The summed E-state index contributed by atoms with van der Waals surface area (Å²) in [6.07, 6.45) is 1.02. The van der Waals surface area contributed by atoms with E-state index in [1.54, 1.807) is 27.7 Å². The number of hydrogen-bond donors (Lipinski definition) is 0. The zero-order valence-corrected chi connectivity index (χ0v) is 13.2. The number of methoxy groups -OCH3 is 1. The standard InChI is InChI=1S/C12H17ClN4O4/c1-7(2)16(12(3,4)10(18)21-5)9-8(17(19)20)6-14-11(13)15-9/h6-7H,1-5H3. The van der Waals surface area contributed by atoms with Crippen molar-refractivity contribution >= 4 is 29.1 Å². The molecule has 1 rings (SSSR count). The number of hydrogen-bond acceptors (Lipinski definition) is 7. The van der Waals surface area contributed by atoms with E-state index in [2.05, 4.69) is 9.97 Å². The van der Waals surface area contributed by atoms with Crippen LogP contribution >= 0.6 is 11.6 Å². The number of ether oxygens (including phenoxy) is 1. The van der Waals surface area contributed by atoms with Crippen LogP contribution in [0.2, 0.25) is 5.28 Å². The molecule has 0 atom stereocenters. The first-order valence-electron chi connectivity index (χ1n) is 6.17. The normalized spacial score (nSPS) is 11.4. The van der Waals surface area contributed by atoms with E-state index in [1.165, 1.54) is 12.0 Å². The summed E-state index contributed by atoms with van der Waals surface area (Å²) < 4.78 is 4.77. The highest BCUT2D eigenvalue weighted by molar-refractivity contribution is 6.28. The third-order valence-electron chi connectivity index (χ3n) is 2.95. The van der Waals surface area contributed by atoms with E-state index < -0.39 is 16.4 Å². The predicted molar refractivity (Wildman–Crippen MR) is 77.4 cm³/mol. The van der Waals surface area contributed by atoms with Gasteiger partial charge in [-0.3, -0.25) is 10.1 Å². The van der Waals surface area contributed by atoms with Crippen molar-refractivity contribution in [3.63, 3.8) is 0 Å². The number of carbonyl (C=O) groups excluding carboxylic acids is 1. The molecule has 1 aromatic heterocycles. The van der Waals surface area contributed by atoms with Gasteiger partial charge in [0.2, 0.25) is 11.1 Å². The van der Waals surface area contributed by atoms with Gasteiger partial charge in [-0.2, -0.15) is 4.98 Å². The van der Waals surface area contributed by atoms with E-state index in [0.717, 1.165) is 6.20 Å². The van der Waals surface area contributed by atoms with Crippen LogP contribution < -0.4 is 4.90 Å². The quantitative estimate of drug-likeness (QED) is 0.355. The predicted octanol–water partition coefficient (Wildman–Crippen LogP) is 2.20. The molecule has 0 aliphatic carbocycles. The van der Waals surface area contributed by atoms with Gasteiger partial charge in [-0.25, -0.2) is 9.78 Å². The average Bonchev–Trinajstić information content (AvgIpc) is 2.36. The smallest absolute Gasteiger partial charge is 0.331 e. The first-order chi connectivity index (χ1) is 9.62. The molecule has 0 N–H and O–H groups in total. The molecule has 9 heteroatoms. The molecule has 0 aliphatic rings. The van der Waals surface area contributed by atoms with E-state index in [9.17, 15) is 14.9 Å². The number of esters is 1. The third kappa shape index (κ3) is 3.38. The molecule has 0 aromatic carbocycles. The van der Waals surface area contributed by atoms with Crippen LogP contribution in [0.3, 0.4) is 0 Å². The van der Waals surface area contributed by atoms with Crippen molar-refractivity contribution in [3.05, 3.63) is 21.6 Å². The molecule has 1 heterocycles. The molecular weight excluding hydrogens is 300 g/mol. The molecule has 116 valence electrons. The second-order valence-electron chi connectivity index (χ2n) is 5.12. The molecule has 1 aromatic rings. The van der Waals surface area contributed by atoms with Crippen molar-refractivity contribution in [3.8, 4) is 0 Å². The van der Waals surface area contributed by atoms with Crippen LogP contribution in [0, 0.1) is 10.1 Å². The molecular formula is C12H17ClN4O4. The summed E-state index contributed by atoms with van der Waals surface area (Å²) in [5.41, 5.74) is -1.49. The van der Waals surface area contributed by atoms with E-state index in [-0.39, 0.29) is 22.8 Å². The molecule has 0 radical (unpaired) electrons. The lowest BCUT2D eigenvalue weighted by Crippen LogP contribution is -2.54. The lowest BCUT2D eigenvalue weighted by atomic mass is 10.0. The Hall–Kier alpha value is -1.96. The van der Waals surface area contributed by atoms with Gasteiger partial charge in [-0.05, 0) is 39.3 Å². The first kappa shape index (κ1) is 17.1. The fraction of sp³-hybridized carbons (Fsp3) is 0.583. The maximum Gasteiger partial charge on any atom is 0.331 e. The van der Waals surface area contributed by atoms with Gasteiger partial charge in [0, 0.05) is 6.04 Å². The van der Waals surface area contributed by atoms with Crippen LogP contribution in [0.5, 0.6) is 0 Å². The van der Waals surface area contributed by atoms with Crippen molar-refractivity contribution in [2.24, 2.45) is 0 Å². The van der Waals surface area contributed by atoms with Crippen LogP contribution in [0.25, 0.3) is 0 Å². The second-order valence-corrected chi connectivity index (χ2v) is 5.46. The monoisotopic (exact) mass is 316 g/mol. The highest BCUT2D eigenvalue weighted by Gasteiger charge is 2.41. The second kappa shape index (κ2) is 6.21. The van der Waals surface area contributed by atoms with Gasteiger partial charge in [0.15, 0.2) is 0 Å². The minimum atomic E-state index is -1.16. The Bertz CT molecular complexity index is 562. The zero-order valence-electron chi connectivity index (χ0n) is 12.5. The van der Waals surface area contributed by atoms with Crippen LogP contribution in [-0.4, -0.2) is 39.6 Å². The first-order valence-corrected chi connectivity index (χ1v) is 6.55. The highest BCUT2D eigenvalue weighted by Crippen LogP contribution is 2.33. The van der Waals surface area contributed by atoms with Crippen molar-refractivity contribution in [2.75, 3.05) is 12.0 Å². The molecule has 0 spiro atoms. The Morgan fingerprint density at radius 1 is 1.52 bits per heavy atom. The summed E-state index contributed by atoms with van der Waals surface area (Å²) in [5, 5.41) is 11.0. The summed E-state index contributed by atoms with van der Waals surface area (Å²) in [4.78, 5) is 31.6. The van der Waals surface area contributed by atoms with E-state index >= 15 is 0 Å². The molecule has 8 nitrogen and oxygen atoms in total. The highest BCUT2D eigenvalue weighted by atomic mass is 35.5. The summed E-state index contributed by atoms with van der Waals surface area (Å²) in [6, 6.07) is -0.260. The van der Waals surface area contributed by atoms with Crippen molar-refractivity contribution in [1.82, 2.24) is 9.97 Å².